The van der Waals surface area contributed by atoms with Crippen LogP contribution >= 0.6 is 11.6 Å². The highest BCUT2D eigenvalue weighted by atomic mass is 35.5. The highest BCUT2D eigenvalue weighted by molar-refractivity contribution is 6.31. The Bertz CT molecular complexity index is 748. The predicted octanol–water partition coefficient (Wildman–Crippen LogP) is 3.01. The molecule has 28 heavy (non-hydrogen) atoms. The summed E-state index contributed by atoms with van der Waals surface area (Å²) < 4.78 is 10.3. The summed E-state index contributed by atoms with van der Waals surface area (Å²) >= 11 is 5.93. The van der Waals surface area contributed by atoms with E-state index < -0.39 is 24.4 Å². The predicted molar refractivity (Wildman–Crippen MR) is 104 cm³/mol. The van der Waals surface area contributed by atoms with E-state index in [1.165, 1.54) is 13.5 Å². The lowest BCUT2D eigenvalue weighted by Crippen LogP contribution is -2.38. The van der Waals surface area contributed by atoms with Crippen molar-refractivity contribution in [3.05, 3.63) is 23.2 Å². The number of nitrogens with zero attached hydrogens (tertiary/aromatic N) is 1. The molecule has 2 aliphatic rings. The Morgan fingerprint density at radius 2 is 2.00 bits per heavy atom. The summed E-state index contributed by atoms with van der Waals surface area (Å²) in [6, 6.07) is 5.06. The van der Waals surface area contributed by atoms with Crippen LogP contribution in [0, 0.1) is 5.92 Å². The molecule has 1 saturated carbocycles. The number of amides is 2. The van der Waals surface area contributed by atoms with Crippen LogP contribution in [0.2, 0.25) is 5.02 Å². The molecule has 1 N–H and O–H groups in total. The van der Waals surface area contributed by atoms with E-state index in [1.807, 2.05) is 4.90 Å². The van der Waals surface area contributed by atoms with Crippen LogP contribution in [-0.4, -0.2) is 49.0 Å². The summed E-state index contributed by atoms with van der Waals surface area (Å²) in [6.45, 7) is -0.0469. The number of carbonyl (C=O) groups excluding carboxylic acids is 3. The van der Waals surface area contributed by atoms with Crippen molar-refractivity contribution in [2.45, 2.75) is 44.6 Å². The third-order valence-electron chi connectivity index (χ3n) is 5.29. The minimum atomic E-state index is -0.514. The van der Waals surface area contributed by atoms with Gasteiger partial charge in [-0.3, -0.25) is 14.4 Å². The zero-order chi connectivity index (χ0) is 20.1. The molecule has 1 atom stereocenters. The van der Waals surface area contributed by atoms with Crippen LogP contribution in [0.5, 0.6) is 5.75 Å². The standard InChI is InChI=1S/C20H25ClN2O5/c1-27-17-8-7-14(21)10-16(17)22-18(24)12-28-20(26)13-9-19(25)23(11-13)15-5-3-2-4-6-15/h7-8,10,13,15H,2-6,9,11-12H2,1H3,(H,22,24)/t13-/m0/s1. The van der Waals surface area contributed by atoms with Crippen LogP contribution in [0.3, 0.4) is 0 Å². The number of carbonyl (C=O) groups is 3. The molecule has 0 radical (unpaired) electrons. The van der Waals surface area contributed by atoms with E-state index in [0.29, 0.717) is 23.0 Å². The average Bonchev–Trinajstić information content (AvgIpc) is 3.09. The zero-order valence-corrected chi connectivity index (χ0v) is 16.7. The van der Waals surface area contributed by atoms with Gasteiger partial charge < -0.3 is 19.7 Å². The summed E-state index contributed by atoms with van der Waals surface area (Å²) in [6.07, 6.45) is 5.59. The Labute approximate surface area is 169 Å². The fourth-order valence-electron chi connectivity index (χ4n) is 3.85. The smallest absolute Gasteiger partial charge is 0.311 e. The molecule has 1 heterocycles. The van der Waals surface area contributed by atoms with Crippen molar-refractivity contribution in [1.82, 2.24) is 4.90 Å². The third kappa shape index (κ3) is 4.95. The molecule has 1 aliphatic heterocycles. The monoisotopic (exact) mass is 408 g/mol. The lowest BCUT2D eigenvalue weighted by atomic mass is 9.94. The van der Waals surface area contributed by atoms with Crippen molar-refractivity contribution in [3.63, 3.8) is 0 Å². The van der Waals surface area contributed by atoms with Gasteiger partial charge >= 0.3 is 5.97 Å². The van der Waals surface area contributed by atoms with Crippen molar-refractivity contribution < 1.29 is 23.9 Å². The second-order valence-corrected chi connectivity index (χ2v) is 7.68. The van der Waals surface area contributed by atoms with E-state index >= 15 is 0 Å². The fourth-order valence-corrected chi connectivity index (χ4v) is 4.03. The second kappa shape index (κ2) is 9.28. The molecule has 1 aromatic rings. The number of anilines is 1. The highest BCUT2D eigenvalue weighted by Crippen LogP contribution is 2.29. The molecule has 2 amide bonds. The van der Waals surface area contributed by atoms with E-state index in [0.717, 1.165) is 25.7 Å². The van der Waals surface area contributed by atoms with Gasteiger partial charge in [0.2, 0.25) is 5.91 Å². The molecular formula is C20H25ClN2O5. The van der Waals surface area contributed by atoms with Gasteiger partial charge in [0.05, 0.1) is 18.7 Å². The number of rotatable bonds is 6. The summed E-state index contributed by atoms with van der Waals surface area (Å²) in [4.78, 5) is 38.6. The quantitative estimate of drug-likeness (QED) is 0.731. The SMILES string of the molecule is COc1ccc(Cl)cc1NC(=O)COC(=O)[C@H]1CC(=O)N(C2CCCCC2)C1. The van der Waals surface area contributed by atoms with Gasteiger partial charge in [-0.2, -0.15) is 0 Å². The fraction of sp³-hybridized carbons (Fsp3) is 0.550. The number of methoxy groups -OCH3 is 1. The van der Waals surface area contributed by atoms with Gasteiger partial charge in [-0.25, -0.2) is 0 Å². The van der Waals surface area contributed by atoms with Gasteiger partial charge in [0.25, 0.3) is 5.91 Å². The molecule has 0 unspecified atom stereocenters. The van der Waals surface area contributed by atoms with Crippen LogP contribution in [0.25, 0.3) is 0 Å². The number of hydrogen-bond acceptors (Lipinski definition) is 5. The first-order valence-corrected chi connectivity index (χ1v) is 9.95. The number of benzene rings is 1. The van der Waals surface area contributed by atoms with Gasteiger partial charge in [-0.15, -0.1) is 0 Å². The van der Waals surface area contributed by atoms with Crippen molar-refractivity contribution in [2.24, 2.45) is 5.92 Å². The van der Waals surface area contributed by atoms with Gasteiger partial charge in [0.1, 0.15) is 5.75 Å². The largest absolute Gasteiger partial charge is 0.495 e. The lowest BCUT2D eigenvalue weighted by Gasteiger charge is -2.31. The molecular weight excluding hydrogens is 384 g/mol. The van der Waals surface area contributed by atoms with E-state index in [-0.39, 0.29) is 18.4 Å². The van der Waals surface area contributed by atoms with Gasteiger partial charge in [-0.05, 0) is 31.0 Å². The van der Waals surface area contributed by atoms with E-state index in [1.54, 1.807) is 18.2 Å². The highest BCUT2D eigenvalue weighted by Gasteiger charge is 2.39. The van der Waals surface area contributed by atoms with Crippen LogP contribution in [-0.2, 0) is 19.1 Å². The van der Waals surface area contributed by atoms with Crippen molar-refractivity contribution in [2.75, 3.05) is 25.6 Å². The van der Waals surface area contributed by atoms with E-state index in [2.05, 4.69) is 5.32 Å². The molecule has 1 aromatic carbocycles. The molecule has 1 aliphatic carbocycles. The van der Waals surface area contributed by atoms with Gasteiger partial charge in [0.15, 0.2) is 6.61 Å². The molecule has 0 aromatic heterocycles. The second-order valence-electron chi connectivity index (χ2n) is 7.24. The average molecular weight is 409 g/mol. The lowest BCUT2D eigenvalue weighted by molar-refractivity contribution is -0.151. The Hall–Kier alpha value is -2.28. The molecule has 0 bridgehead atoms. The Morgan fingerprint density at radius 3 is 2.71 bits per heavy atom. The Morgan fingerprint density at radius 1 is 1.25 bits per heavy atom. The van der Waals surface area contributed by atoms with Gasteiger partial charge in [0, 0.05) is 24.0 Å². The van der Waals surface area contributed by atoms with E-state index in [9.17, 15) is 14.4 Å². The molecule has 152 valence electrons. The number of ether oxygens (including phenoxy) is 2. The maximum Gasteiger partial charge on any atom is 0.311 e. The van der Waals surface area contributed by atoms with Crippen molar-refractivity contribution in [3.8, 4) is 5.75 Å². The van der Waals surface area contributed by atoms with Crippen LogP contribution in [0.1, 0.15) is 38.5 Å². The topological polar surface area (TPSA) is 84.9 Å². The van der Waals surface area contributed by atoms with Crippen molar-refractivity contribution >= 4 is 35.1 Å². The van der Waals surface area contributed by atoms with Crippen LogP contribution in [0.4, 0.5) is 5.69 Å². The minimum Gasteiger partial charge on any atom is -0.495 e. The first kappa shape index (κ1) is 20.5. The Balaban J connectivity index is 1.49. The molecule has 3 rings (SSSR count). The van der Waals surface area contributed by atoms with Crippen LogP contribution < -0.4 is 10.1 Å². The number of halogens is 1. The molecule has 7 nitrogen and oxygen atoms in total. The molecule has 0 spiro atoms. The maximum atomic E-state index is 12.3. The van der Waals surface area contributed by atoms with Crippen molar-refractivity contribution in [1.29, 1.82) is 0 Å². The summed E-state index contributed by atoms with van der Waals surface area (Å²) in [7, 11) is 1.48. The molecule has 2 fully saturated rings. The minimum absolute atomic E-state index is 0.00182. The van der Waals surface area contributed by atoms with E-state index in [4.69, 9.17) is 21.1 Å². The third-order valence-corrected chi connectivity index (χ3v) is 5.52. The summed E-state index contributed by atoms with van der Waals surface area (Å²) in [5.41, 5.74) is 0.399. The summed E-state index contributed by atoms with van der Waals surface area (Å²) in [5.74, 6) is -1.07. The number of nitrogens with one attached hydrogen (secondary N) is 1. The first-order chi connectivity index (χ1) is 13.5. The van der Waals surface area contributed by atoms with Gasteiger partial charge in [-0.1, -0.05) is 30.9 Å². The first-order valence-electron chi connectivity index (χ1n) is 9.57. The number of likely N-dealkylation sites (tertiary alicyclic amines) is 1. The summed E-state index contributed by atoms with van der Waals surface area (Å²) in [5, 5.41) is 3.06. The normalized spacial score (nSPS) is 20.1. The zero-order valence-electron chi connectivity index (χ0n) is 15.9. The number of hydrogen-bond donors (Lipinski definition) is 1. The molecule has 1 saturated heterocycles. The number of esters is 1. The molecule has 8 heteroatoms. The van der Waals surface area contributed by atoms with Crippen LogP contribution in [0.15, 0.2) is 18.2 Å². The maximum absolute atomic E-state index is 12.3. The Kier molecular flexibility index (Phi) is 6.78.